The van der Waals surface area contributed by atoms with Crippen molar-refractivity contribution in [3.63, 3.8) is 0 Å². The van der Waals surface area contributed by atoms with Crippen molar-refractivity contribution < 1.29 is 4.79 Å². The van der Waals surface area contributed by atoms with Crippen LogP contribution in [-0.4, -0.2) is 34.3 Å². The van der Waals surface area contributed by atoms with Crippen LogP contribution in [0.2, 0.25) is 0 Å². The lowest BCUT2D eigenvalue weighted by Gasteiger charge is -2.28. The van der Waals surface area contributed by atoms with Gasteiger partial charge in [0, 0.05) is 31.0 Å². The number of rotatable bonds is 7. The number of nitrogens with one attached hydrogen (secondary N) is 1. The number of hydrogen-bond acceptors (Lipinski definition) is 4. The van der Waals surface area contributed by atoms with Gasteiger partial charge in [0.2, 0.25) is 5.91 Å². The van der Waals surface area contributed by atoms with E-state index < -0.39 is 0 Å². The number of piperidine rings is 1. The number of aromatic nitrogens is 2. The summed E-state index contributed by atoms with van der Waals surface area (Å²) in [7, 11) is 0. The third-order valence-electron chi connectivity index (χ3n) is 5.41. The largest absolute Gasteiger partial charge is 0.372 e. The number of anilines is 2. The summed E-state index contributed by atoms with van der Waals surface area (Å²) >= 11 is 1.47. The van der Waals surface area contributed by atoms with Gasteiger partial charge in [-0.2, -0.15) is 0 Å². The second-order valence-corrected chi connectivity index (χ2v) is 8.41. The van der Waals surface area contributed by atoms with Crippen LogP contribution >= 0.6 is 11.8 Å². The number of thioether (sulfide) groups is 1. The van der Waals surface area contributed by atoms with E-state index in [1.165, 1.54) is 36.7 Å². The summed E-state index contributed by atoms with van der Waals surface area (Å²) < 4.78 is 2.15. The molecule has 1 aliphatic rings. The van der Waals surface area contributed by atoms with Crippen molar-refractivity contribution in [2.24, 2.45) is 0 Å². The van der Waals surface area contributed by atoms with Crippen LogP contribution in [-0.2, 0) is 11.3 Å². The summed E-state index contributed by atoms with van der Waals surface area (Å²) in [6, 6.07) is 18.4. The number of benzene rings is 2. The molecule has 1 N–H and O–H groups in total. The van der Waals surface area contributed by atoms with Gasteiger partial charge in [-0.3, -0.25) is 4.79 Å². The number of hydrogen-bond donors (Lipinski definition) is 1. The molecule has 1 aliphatic heterocycles. The van der Waals surface area contributed by atoms with Crippen molar-refractivity contribution in [1.29, 1.82) is 0 Å². The molecule has 0 bridgehead atoms. The maximum atomic E-state index is 12.5. The van der Waals surface area contributed by atoms with Crippen LogP contribution in [0.25, 0.3) is 11.3 Å². The molecule has 3 aromatic rings. The standard InChI is InChI=1S/C24H28N4OS/c1-2-28-22(19-9-5-3-6-10-19)17-25-24(28)30-18-23(29)26-20-11-13-21(14-12-20)27-15-7-4-8-16-27/h3,5-6,9-14,17H,2,4,7-8,15-16,18H2,1H3,(H,26,29). The highest BCUT2D eigenvalue weighted by atomic mass is 32.2. The van der Waals surface area contributed by atoms with Crippen LogP contribution < -0.4 is 10.2 Å². The van der Waals surface area contributed by atoms with E-state index in [1.807, 2.05) is 36.5 Å². The molecule has 1 fully saturated rings. The fourth-order valence-corrected chi connectivity index (χ4v) is 4.70. The summed E-state index contributed by atoms with van der Waals surface area (Å²) in [6.45, 7) is 5.16. The Balaban J connectivity index is 1.34. The van der Waals surface area contributed by atoms with Gasteiger partial charge in [0.05, 0.1) is 17.6 Å². The molecule has 1 amide bonds. The molecule has 6 heteroatoms. The van der Waals surface area contributed by atoms with Crippen molar-refractivity contribution in [1.82, 2.24) is 9.55 Å². The Morgan fingerprint density at radius 3 is 2.47 bits per heavy atom. The Hall–Kier alpha value is -2.73. The monoisotopic (exact) mass is 420 g/mol. The van der Waals surface area contributed by atoms with Crippen molar-refractivity contribution in [3.05, 3.63) is 60.8 Å². The topological polar surface area (TPSA) is 50.2 Å². The first kappa shape index (κ1) is 20.5. The lowest BCUT2D eigenvalue weighted by molar-refractivity contribution is -0.113. The van der Waals surface area contributed by atoms with Gasteiger partial charge in [-0.25, -0.2) is 4.98 Å². The maximum absolute atomic E-state index is 12.5. The summed E-state index contributed by atoms with van der Waals surface area (Å²) in [5.41, 5.74) is 4.29. The molecule has 0 atom stereocenters. The molecule has 1 saturated heterocycles. The van der Waals surface area contributed by atoms with Gasteiger partial charge in [0.15, 0.2) is 5.16 Å². The average molecular weight is 421 g/mol. The van der Waals surface area contributed by atoms with E-state index in [2.05, 4.69) is 51.0 Å². The highest BCUT2D eigenvalue weighted by Crippen LogP contribution is 2.26. The normalized spacial score (nSPS) is 14.0. The van der Waals surface area contributed by atoms with Crippen LogP contribution in [0.4, 0.5) is 11.4 Å². The van der Waals surface area contributed by atoms with Crippen molar-refractivity contribution >= 4 is 29.0 Å². The Labute approximate surface area is 182 Å². The Kier molecular flexibility index (Phi) is 6.74. The molecule has 0 aliphatic carbocycles. The second kappa shape index (κ2) is 9.85. The SMILES string of the molecule is CCn1c(-c2ccccc2)cnc1SCC(=O)Nc1ccc(N2CCCCC2)cc1. The smallest absolute Gasteiger partial charge is 0.234 e. The Bertz CT molecular complexity index is 963. The third-order valence-corrected chi connectivity index (χ3v) is 6.40. The summed E-state index contributed by atoms with van der Waals surface area (Å²) in [6.07, 6.45) is 5.73. The van der Waals surface area contributed by atoms with E-state index in [0.717, 1.165) is 41.7 Å². The van der Waals surface area contributed by atoms with Crippen LogP contribution in [0.3, 0.4) is 0 Å². The van der Waals surface area contributed by atoms with Crippen LogP contribution in [0.1, 0.15) is 26.2 Å². The zero-order valence-corrected chi connectivity index (χ0v) is 18.2. The summed E-state index contributed by atoms with van der Waals surface area (Å²) in [5, 5.41) is 3.87. The molecule has 1 aromatic heterocycles. The van der Waals surface area contributed by atoms with Gasteiger partial charge in [-0.05, 0) is 56.0 Å². The van der Waals surface area contributed by atoms with Crippen LogP contribution in [0.15, 0.2) is 66.0 Å². The zero-order chi connectivity index (χ0) is 20.8. The first-order valence-electron chi connectivity index (χ1n) is 10.6. The minimum absolute atomic E-state index is 0.0161. The van der Waals surface area contributed by atoms with E-state index in [9.17, 15) is 4.79 Å². The van der Waals surface area contributed by atoms with Crippen molar-refractivity contribution in [3.8, 4) is 11.3 Å². The first-order chi connectivity index (χ1) is 14.7. The zero-order valence-electron chi connectivity index (χ0n) is 17.4. The maximum Gasteiger partial charge on any atom is 0.234 e. The van der Waals surface area contributed by atoms with Gasteiger partial charge in [0.25, 0.3) is 0 Å². The Morgan fingerprint density at radius 1 is 1.03 bits per heavy atom. The summed E-state index contributed by atoms with van der Waals surface area (Å²) in [5.74, 6) is 0.316. The van der Waals surface area contributed by atoms with E-state index in [0.29, 0.717) is 5.75 Å². The quantitative estimate of drug-likeness (QED) is 0.528. The highest BCUT2D eigenvalue weighted by molar-refractivity contribution is 7.99. The molecule has 0 radical (unpaired) electrons. The fourth-order valence-electron chi connectivity index (χ4n) is 3.85. The summed E-state index contributed by atoms with van der Waals surface area (Å²) in [4.78, 5) is 19.4. The van der Waals surface area contributed by atoms with Crippen molar-refractivity contribution in [2.45, 2.75) is 37.9 Å². The predicted molar refractivity (Wildman–Crippen MR) is 125 cm³/mol. The number of nitrogens with zero attached hydrogens (tertiary/aromatic N) is 3. The minimum Gasteiger partial charge on any atom is -0.372 e. The van der Waals surface area contributed by atoms with Crippen LogP contribution in [0.5, 0.6) is 0 Å². The van der Waals surface area contributed by atoms with Gasteiger partial charge in [-0.1, -0.05) is 42.1 Å². The second-order valence-electron chi connectivity index (χ2n) is 7.47. The molecular weight excluding hydrogens is 392 g/mol. The van der Waals surface area contributed by atoms with E-state index in [-0.39, 0.29) is 5.91 Å². The van der Waals surface area contributed by atoms with Gasteiger partial charge >= 0.3 is 0 Å². The third kappa shape index (κ3) is 4.87. The predicted octanol–water partition coefficient (Wildman–Crippen LogP) is 5.29. The lowest BCUT2D eigenvalue weighted by Crippen LogP contribution is -2.29. The minimum atomic E-state index is -0.0161. The number of carbonyl (C=O) groups excluding carboxylic acids is 1. The van der Waals surface area contributed by atoms with E-state index in [4.69, 9.17) is 0 Å². The molecule has 0 spiro atoms. The molecule has 5 nitrogen and oxygen atoms in total. The molecule has 156 valence electrons. The number of imidazole rings is 1. The van der Waals surface area contributed by atoms with Crippen molar-refractivity contribution in [2.75, 3.05) is 29.1 Å². The van der Waals surface area contributed by atoms with Crippen LogP contribution in [0, 0.1) is 0 Å². The van der Waals surface area contributed by atoms with Gasteiger partial charge < -0.3 is 14.8 Å². The molecular formula is C24H28N4OS. The Morgan fingerprint density at radius 2 is 1.77 bits per heavy atom. The molecule has 0 unspecified atom stereocenters. The number of carbonyl (C=O) groups is 1. The van der Waals surface area contributed by atoms with Gasteiger partial charge in [-0.15, -0.1) is 0 Å². The number of amides is 1. The molecule has 30 heavy (non-hydrogen) atoms. The first-order valence-corrected chi connectivity index (χ1v) is 11.6. The average Bonchev–Trinajstić information content (AvgIpc) is 3.22. The molecule has 4 rings (SSSR count). The molecule has 2 aromatic carbocycles. The molecule has 0 saturated carbocycles. The fraction of sp³-hybridized carbons (Fsp3) is 0.333. The van der Waals surface area contributed by atoms with E-state index >= 15 is 0 Å². The highest BCUT2D eigenvalue weighted by Gasteiger charge is 2.14. The van der Waals surface area contributed by atoms with Gasteiger partial charge in [0.1, 0.15) is 0 Å². The molecule has 2 heterocycles. The van der Waals surface area contributed by atoms with E-state index in [1.54, 1.807) is 0 Å². The lowest BCUT2D eigenvalue weighted by atomic mass is 10.1.